The molecule has 1 amide bonds. The number of rotatable bonds is 5. The number of aryl methyl sites for hydroxylation is 1. The van der Waals surface area contributed by atoms with Gasteiger partial charge in [-0.1, -0.05) is 12.1 Å². The molecular formula is C13H19FN2O. The summed E-state index contributed by atoms with van der Waals surface area (Å²) in [4.78, 5) is 11.0. The Morgan fingerprint density at radius 2 is 2.18 bits per heavy atom. The molecule has 3 nitrogen and oxygen atoms in total. The van der Waals surface area contributed by atoms with Crippen LogP contribution in [-0.4, -0.2) is 19.5 Å². The second-order valence-corrected chi connectivity index (χ2v) is 4.11. The molecule has 0 saturated carbocycles. The molecule has 1 aromatic carbocycles. The average molecular weight is 238 g/mol. The van der Waals surface area contributed by atoms with E-state index in [2.05, 4.69) is 10.6 Å². The molecule has 0 spiro atoms. The fourth-order valence-electron chi connectivity index (χ4n) is 1.52. The lowest BCUT2D eigenvalue weighted by Gasteiger charge is -2.14. The molecule has 17 heavy (non-hydrogen) atoms. The smallest absolute Gasteiger partial charge is 0.221 e. The molecule has 94 valence electrons. The summed E-state index contributed by atoms with van der Waals surface area (Å²) in [5, 5.41) is 5.74. The van der Waals surface area contributed by atoms with Crippen LogP contribution in [0.1, 0.15) is 30.5 Å². The number of hydrogen-bond donors (Lipinski definition) is 2. The third-order valence-corrected chi connectivity index (χ3v) is 2.78. The van der Waals surface area contributed by atoms with E-state index in [4.69, 9.17) is 0 Å². The van der Waals surface area contributed by atoms with Crippen LogP contribution < -0.4 is 10.6 Å². The summed E-state index contributed by atoms with van der Waals surface area (Å²) in [6.07, 6.45) is 0.426. The van der Waals surface area contributed by atoms with Gasteiger partial charge >= 0.3 is 0 Å². The van der Waals surface area contributed by atoms with Gasteiger partial charge in [-0.15, -0.1) is 0 Å². The number of benzene rings is 1. The Hall–Kier alpha value is -1.42. The van der Waals surface area contributed by atoms with Crippen LogP contribution in [0.25, 0.3) is 0 Å². The molecule has 0 aliphatic carbocycles. The minimum Gasteiger partial charge on any atom is -0.359 e. The van der Waals surface area contributed by atoms with Gasteiger partial charge in [-0.25, -0.2) is 4.39 Å². The number of carbonyl (C=O) groups excluding carboxylic acids is 1. The van der Waals surface area contributed by atoms with E-state index in [1.807, 2.05) is 13.0 Å². The van der Waals surface area contributed by atoms with Gasteiger partial charge in [0.15, 0.2) is 0 Å². The molecule has 1 atom stereocenters. The maximum Gasteiger partial charge on any atom is 0.221 e. The van der Waals surface area contributed by atoms with E-state index in [0.29, 0.717) is 18.5 Å². The lowest BCUT2D eigenvalue weighted by atomic mass is 10.1. The van der Waals surface area contributed by atoms with Gasteiger partial charge in [-0.2, -0.15) is 0 Å². The van der Waals surface area contributed by atoms with Gasteiger partial charge in [0.2, 0.25) is 5.91 Å². The Labute approximate surface area is 101 Å². The molecule has 1 unspecified atom stereocenters. The lowest BCUT2D eigenvalue weighted by molar-refractivity contribution is -0.120. The molecule has 0 radical (unpaired) electrons. The number of hydrogen-bond acceptors (Lipinski definition) is 2. The topological polar surface area (TPSA) is 41.1 Å². The highest BCUT2D eigenvalue weighted by molar-refractivity contribution is 5.75. The van der Waals surface area contributed by atoms with E-state index < -0.39 is 0 Å². The van der Waals surface area contributed by atoms with Gasteiger partial charge in [0.25, 0.3) is 0 Å². The Kier molecular flexibility index (Phi) is 5.10. The number of halogens is 1. The van der Waals surface area contributed by atoms with Crippen LogP contribution in [0.3, 0.4) is 0 Å². The van der Waals surface area contributed by atoms with E-state index in [1.54, 1.807) is 20.0 Å². The first-order chi connectivity index (χ1) is 8.04. The third-order valence-electron chi connectivity index (χ3n) is 2.78. The zero-order valence-corrected chi connectivity index (χ0v) is 10.5. The SMILES string of the molecule is CNC(=O)CCNC(C)c1ccc(C)c(F)c1. The Bertz CT molecular complexity index is 393. The molecule has 0 aromatic heterocycles. The molecule has 1 rings (SSSR count). The van der Waals surface area contributed by atoms with E-state index in [1.165, 1.54) is 6.07 Å². The summed E-state index contributed by atoms with van der Waals surface area (Å²) in [5.41, 5.74) is 1.54. The van der Waals surface area contributed by atoms with Crippen LogP contribution in [0, 0.1) is 12.7 Å². The van der Waals surface area contributed by atoms with Crippen molar-refractivity contribution in [1.29, 1.82) is 0 Å². The van der Waals surface area contributed by atoms with Gasteiger partial charge < -0.3 is 10.6 Å². The second-order valence-electron chi connectivity index (χ2n) is 4.11. The molecule has 4 heteroatoms. The summed E-state index contributed by atoms with van der Waals surface area (Å²) in [6, 6.07) is 5.24. The van der Waals surface area contributed by atoms with Crippen molar-refractivity contribution in [1.82, 2.24) is 10.6 Å². The van der Waals surface area contributed by atoms with E-state index in [-0.39, 0.29) is 17.8 Å². The maximum atomic E-state index is 13.4. The van der Waals surface area contributed by atoms with Crippen LogP contribution >= 0.6 is 0 Å². The van der Waals surface area contributed by atoms with E-state index in [9.17, 15) is 9.18 Å². The Balaban J connectivity index is 2.49. The predicted octanol–water partition coefficient (Wildman–Crippen LogP) is 1.92. The van der Waals surface area contributed by atoms with Crippen molar-refractivity contribution in [3.8, 4) is 0 Å². The first-order valence-electron chi connectivity index (χ1n) is 5.74. The first kappa shape index (κ1) is 13.6. The van der Waals surface area contributed by atoms with Crippen molar-refractivity contribution in [3.05, 3.63) is 35.1 Å². The van der Waals surface area contributed by atoms with Crippen molar-refractivity contribution < 1.29 is 9.18 Å². The average Bonchev–Trinajstić information content (AvgIpc) is 2.32. The second kappa shape index (κ2) is 6.35. The Morgan fingerprint density at radius 1 is 1.47 bits per heavy atom. The van der Waals surface area contributed by atoms with Crippen molar-refractivity contribution in [2.24, 2.45) is 0 Å². The van der Waals surface area contributed by atoms with Gasteiger partial charge in [0.1, 0.15) is 5.82 Å². The van der Waals surface area contributed by atoms with Crippen LogP contribution in [0.15, 0.2) is 18.2 Å². The fourth-order valence-corrected chi connectivity index (χ4v) is 1.52. The largest absolute Gasteiger partial charge is 0.359 e. The molecule has 0 heterocycles. The first-order valence-corrected chi connectivity index (χ1v) is 5.74. The molecule has 0 fully saturated rings. The molecule has 0 aliphatic rings. The van der Waals surface area contributed by atoms with E-state index in [0.717, 1.165) is 5.56 Å². The molecule has 0 bridgehead atoms. The summed E-state index contributed by atoms with van der Waals surface area (Å²) in [7, 11) is 1.61. The molecular weight excluding hydrogens is 219 g/mol. The monoisotopic (exact) mass is 238 g/mol. The Morgan fingerprint density at radius 3 is 2.76 bits per heavy atom. The molecule has 1 aromatic rings. The minimum absolute atomic E-state index is 0.000198. The number of amides is 1. The van der Waals surface area contributed by atoms with Gasteiger partial charge in [-0.3, -0.25) is 4.79 Å². The highest BCUT2D eigenvalue weighted by Gasteiger charge is 2.07. The highest BCUT2D eigenvalue weighted by atomic mass is 19.1. The highest BCUT2D eigenvalue weighted by Crippen LogP contribution is 2.15. The third kappa shape index (κ3) is 4.15. The van der Waals surface area contributed by atoms with Crippen LogP contribution in [0.2, 0.25) is 0 Å². The standard InChI is InChI=1S/C13H19FN2O/c1-9-4-5-11(8-12(9)14)10(2)16-7-6-13(17)15-3/h4-5,8,10,16H,6-7H2,1-3H3,(H,15,17). The zero-order chi connectivity index (χ0) is 12.8. The maximum absolute atomic E-state index is 13.4. The van der Waals surface area contributed by atoms with Gasteiger partial charge in [0.05, 0.1) is 0 Å². The predicted molar refractivity (Wildman–Crippen MR) is 66.2 cm³/mol. The fraction of sp³-hybridized carbons (Fsp3) is 0.462. The quantitative estimate of drug-likeness (QED) is 0.823. The number of nitrogens with one attached hydrogen (secondary N) is 2. The lowest BCUT2D eigenvalue weighted by Crippen LogP contribution is -2.26. The van der Waals surface area contributed by atoms with Crippen LogP contribution in [0.5, 0.6) is 0 Å². The summed E-state index contributed by atoms with van der Waals surface area (Å²) >= 11 is 0. The van der Waals surface area contributed by atoms with Crippen molar-refractivity contribution in [2.45, 2.75) is 26.3 Å². The molecule has 0 aliphatic heterocycles. The summed E-state index contributed by atoms with van der Waals surface area (Å²) in [5.74, 6) is -0.192. The molecule has 0 saturated heterocycles. The van der Waals surface area contributed by atoms with E-state index >= 15 is 0 Å². The van der Waals surface area contributed by atoms with Gasteiger partial charge in [-0.05, 0) is 31.0 Å². The van der Waals surface area contributed by atoms with Crippen molar-refractivity contribution in [3.63, 3.8) is 0 Å². The number of carbonyl (C=O) groups is 1. The summed E-state index contributed by atoms with van der Waals surface area (Å²) < 4.78 is 13.4. The van der Waals surface area contributed by atoms with Gasteiger partial charge in [0, 0.05) is 26.1 Å². The summed E-state index contributed by atoms with van der Waals surface area (Å²) in [6.45, 7) is 4.27. The normalized spacial score (nSPS) is 12.2. The van der Waals surface area contributed by atoms with Crippen LogP contribution in [-0.2, 0) is 4.79 Å². The van der Waals surface area contributed by atoms with Crippen LogP contribution in [0.4, 0.5) is 4.39 Å². The molecule has 2 N–H and O–H groups in total. The minimum atomic E-state index is -0.192. The van der Waals surface area contributed by atoms with Crippen molar-refractivity contribution >= 4 is 5.91 Å². The zero-order valence-electron chi connectivity index (χ0n) is 10.5. The van der Waals surface area contributed by atoms with Crippen molar-refractivity contribution in [2.75, 3.05) is 13.6 Å².